The van der Waals surface area contributed by atoms with E-state index in [1.165, 1.54) is 29.6 Å². The molecule has 2 aromatic rings. The van der Waals surface area contributed by atoms with Crippen LogP contribution in [0.2, 0.25) is 10.0 Å². The molecule has 0 N–H and O–H groups in total. The second-order valence-corrected chi connectivity index (χ2v) is 8.83. The first-order chi connectivity index (χ1) is 14.2. The first-order valence-corrected chi connectivity index (χ1v) is 10.8. The third-order valence-electron chi connectivity index (χ3n) is 4.22. The number of nitrogens with zero attached hydrogens (tertiary/aromatic N) is 1. The van der Waals surface area contributed by atoms with Gasteiger partial charge in [0, 0.05) is 13.1 Å². The van der Waals surface area contributed by atoms with Gasteiger partial charge in [-0.15, -0.1) is 0 Å². The van der Waals surface area contributed by atoms with E-state index >= 15 is 0 Å². The fourth-order valence-corrected chi connectivity index (χ4v) is 4.92. The molecule has 1 aromatic heterocycles. The van der Waals surface area contributed by atoms with Crippen LogP contribution < -0.4 is 0 Å². The maximum absolute atomic E-state index is 12.9. The molecular formula is C18H17Cl2NO8S. The van der Waals surface area contributed by atoms with Crippen LogP contribution in [0.25, 0.3) is 0 Å². The topological polar surface area (TPSA) is 112 Å². The standard InChI is InChI=1S/C18H17Cl2NO8S/c1-26-18(23)15-3-2-11(29-15)10-28-17(22)12-8-16(14(20)9-13(12)19)30(24,25)21-4-6-27-7-5-21/h2-3,8-9H,4-7,10H2,1H3. The van der Waals surface area contributed by atoms with Crippen LogP contribution in [-0.4, -0.2) is 58.1 Å². The average molecular weight is 478 g/mol. The number of ether oxygens (including phenoxy) is 3. The molecule has 1 aliphatic rings. The van der Waals surface area contributed by atoms with Crippen molar-refractivity contribution >= 4 is 45.2 Å². The summed E-state index contributed by atoms with van der Waals surface area (Å²) in [5.74, 6) is -1.42. The molecule has 162 valence electrons. The molecule has 0 aliphatic carbocycles. The predicted molar refractivity (Wildman–Crippen MR) is 105 cm³/mol. The van der Waals surface area contributed by atoms with E-state index in [1.54, 1.807) is 0 Å². The molecule has 0 saturated carbocycles. The van der Waals surface area contributed by atoms with Gasteiger partial charge in [-0.05, 0) is 24.3 Å². The highest BCUT2D eigenvalue weighted by atomic mass is 35.5. The molecule has 9 nitrogen and oxygen atoms in total. The summed E-state index contributed by atoms with van der Waals surface area (Å²) in [6.45, 7) is 0.552. The van der Waals surface area contributed by atoms with Gasteiger partial charge in [-0.25, -0.2) is 18.0 Å². The van der Waals surface area contributed by atoms with Crippen molar-refractivity contribution in [3.8, 4) is 0 Å². The van der Waals surface area contributed by atoms with Gasteiger partial charge in [-0.2, -0.15) is 4.31 Å². The first kappa shape index (κ1) is 22.6. The van der Waals surface area contributed by atoms with Gasteiger partial charge in [-0.1, -0.05) is 23.2 Å². The van der Waals surface area contributed by atoms with E-state index in [9.17, 15) is 18.0 Å². The van der Waals surface area contributed by atoms with Gasteiger partial charge in [0.2, 0.25) is 15.8 Å². The number of sulfonamides is 1. The zero-order valence-electron chi connectivity index (χ0n) is 15.7. The van der Waals surface area contributed by atoms with Gasteiger partial charge in [0.25, 0.3) is 0 Å². The molecule has 30 heavy (non-hydrogen) atoms. The van der Waals surface area contributed by atoms with Crippen LogP contribution >= 0.6 is 23.2 Å². The van der Waals surface area contributed by atoms with Crippen molar-refractivity contribution in [1.29, 1.82) is 0 Å². The minimum Gasteiger partial charge on any atom is -0.463 e. The molecule has 0 spiro atoms. The molecule has 1 aliphatic heterocycles. The summed E-state index contributed by atoms with van der Waals surface area (Å²) in [5.41, 5.74) is -0.173. The van der Waals surface area contributed by atoms with Crippen molar-refractivity contribution < 1.29 is 36.6 Å². The fourth-order valence-electron chi connectivity index (χ4n) is 2.69. The quantitative estimate of drug-likeness (QED) is 0.583. The lowest BCUT2D eigenvalue weighted by Gasteiger charge is -2.26. The number of halogens is 2. The molecule has 12 heteroatoms. The first-order valence-electron chi connectivity index (χ1n) is 8.65. The Hall–Kier alpha value is -2.11. The lowest BCUT2D eigenvalue weighted by atomic mass is 10.2. The molecule has 0 unspecified atom stereocenters. The maximum atomic E-state index is 12.9. The zero-order chi connectivity index (χ0) is 21.9. The number of rotatable bonds is 6. The second kappa shape index (κ2) is 9.36. The van der Waals surface area contributed by atoms with Crippen LogP contribution in [0.4, 0.5) is 0 Å². The molecule has 3 rings (SSSR count). The van der Waals surface area contributed by atoms with Crippen LogP contribution in [-0.2, 0) is 30.8 Å². The Morgan fingerprint density at radius 2 is 1.80 bits per heavy atom. The molecule has 1 fully saturated rings. The van der Waals surface area contributed by atoms with Gasteiger partial charge < -0.3 is 18.6 Å². The van der Waals surface area contributed by atoms with Crippen LogP contribution in [0.5, 0.6) is 0 Å². The zero-order valence-corrected chi connectivity index (χ0v) is 18.1. The monoisotopic (exact) mass is 477 g/mol. The number of methoxy groups -OCH3 is 1. The molecule has 2 heterocycles. The summed E-state index contributed by atoms with van der Waals surface area (Å²) >= 11 is 12.2. The van der Waals surface area contributed by atoms with Crippen molar-refractivity contribution in [3.63, 3.8) is 0 Å². The largest absolute Gasteiger partial charge is 0.463 e. The number of morpholine rings is 1. The molecule has 1 saturated heterocycles. The number of carbonyl (C=O) groups is 2. The summed E-state index contributed by atoms with van der Waals surface area (Å²) < 4.78 is 47.1. The van der Waals surface area contributed by atoms with Gasteiger partial charge in [-0.3, -0.25) is 0 Å². The normalized spacial score (nSPS) is 15.0. The minimum atomic E-state index is -3.96. The summed E-state index contributed by atoms with van der Waals surface area (Å²) in [6, 6.07) is 5.07. The molecule has 0 bridgehead atoms. The van der Waals surface area contributed by atoms with E-state index in [0.29, 0.717) is 0 Å². The van der Waals surface area contributed by atoms with Crippen molar-refractivity contribution in [2.75, 3.05) is 33.4 Å². The highest BCUT2D eigenvalue weighted by Crippen LogP contribution is 2.31. The lowest BCUT2D eigenvalue weighted by molar-refractivity contribution is 0.0438. The number of hydrogen-bond donors (Lipinski definition) is 0. The Labute approximate surface area is 182 Å². The smallest absolute Gasteiger partial charge is 0.373 e. The maximum Gasteiger partial charge on any atom is 0.373 e. The lowest BCUT2D eigenvalue weighted by Crippen LogP contribution is -2.40. The van der Waals surface area contributed by atoms with Gasteiger partial charge >= 0.3 is 11.9 Å². The summed E-state index contributed by atoms with van der Waals surface area (Å²) in [7, 11) is -2.75. The highest BCUT2D eigenvalue weighted by molar-refractivity contribution is 7.89. The molecular weight excluding hydrogens is 461 g/mol. The number of esters is 2. The Balaban J connectivity index is 1.80. The third-order valence-corrected chi connectivity index (χ3v) is 6.90. The predicted octanol–water partition coefficient (Wildman–Crippen LogP) is 2.75. The summed E-state index contributed by atoms with van der Waals surface area (Å²) in [4.78, 5) is 23.6. The van der Waals surface area contributed by atoms with E-state index in [4.69, 9.17) is 37.1 Å². The average Bonchev–Trinajstić information content (AvgIpc) is 3.21. The van der Waals surface area contributed by atoms with E-state index in [-0.39, 0.29) is 64.9 Å². The summed E-state index contributed by atoms with van der Waals surface area (Å²) in [5, 5.41) is -0.183. The fraction of sp³-hybridized carbons (Fsp3) is 0.333. The number of carbonyl (C=O) groups excluding carboxylic acids is 2. The van der Waals surface area contributed by atoms with Crippen molar-refractivity contribution in [2.45, 2.75) is 11.5 Å². The number of hydrogen-bond acceptors (Lipinski definition) is 8. The van der Waals surface area contributed by atoms with Crippen molar-refractivity contribution in [1.82, 2.24) is 4.31 Å². The van der Waals surface area contributed by atoms with Crippen molar-refractivity contribution in [2.24, 2.45) is 0 Å². The molecule has 0 atom stereocenters. The van der Waals surface area contributed by atoms with Crippen LogP contribution in [0.1, 0.15) is 26.7 Å². The molecule has 1 aromatic carbocycles. The highest BCUT2D eigenvalue weighted by Gasteiger charge is 2.30. The third kappa shape index (κ3) is 4.79. The Kier molecular flexibility index (Phi) is 7.04. The second-order valence-electron chi connectivity index (χ2n) is 6.11. The number of benzene rings is 1. The Bertz CT molecular complexity index is 1060. The Morgan fingerprint density at radius 3 is 2.47 bits per heavy atom. The van der Waals surface area contributed by atoms with Gasteiger partial charge in [0.1, 0.15) is 17.3 Å². The number of furan rings is 1. The minimum absolute atomic E-state index is 0.0491. The molecule has 0 amide bonds. The van der Waals surface area contributed by atoms with Gasteiger partial charge in [0.15, 0.2) is 0 Å². The van der Waals surface area contributed by atoms with Crippen molar-refractivity contribution in [3.05, 3.63) is 51.4 Å². The van der Waals surface area contributed by atoms with E-state index in [2.05, 4.69) is 4.74 Å². The Morgan fingerprint density at radius 1 is 1.10 bits per heavy atom. The van der Waals surface area contributed by atoms with Gasteiger partial charge in [0.05, 0.1) is 35.9 Å². The van der Waals surface area contributed by atoms with E-state index in [1.807, 2.05) is 0 Å². The van der Waals surface area contributed by atoms with Crippen LogP contribution in [0.15, 0.2) is 33.6 Å². The SMILES string of the molecule is COC(=O)c1ccc(COC(=O)c2cc(S(=O)(=O)N3CCOCC3)c(Cl)cc2Cl)o1. The van der Waals surface area contributed by atoms with E-state index < -0.39 is 22.0 Å². The summed E-state index contributed by atoms with van der Waals surface area (Å²) in [6.07, 6.45) is 0. The van der Waals surface area contributed by atoms with Crippen LogP contribution in [0.3, 0.4) is 0 Å². The van der Waals surface area contributed by atoms with Crippen LogP contribution in [0, 0.1) is 0 Å². The molecule has 0 radical (unpaired) electrons. The van der Waals surface area contributed by atoms with E-state index in [0.717, 1.165) is 6.07 Å².